The summed E-state index contributed by atoms with van der Waals surface area (Å²) in [5.74, 6) is 2.19. The monoisotopic (exact) mass is 424 g/mol. The van der Waals surface area contributed by atoms with Gasteiger partial charge in [-0.3, -0.25) is 4.90 Å². The lowest BCUT2D eigenvalue weighted by Gasteiger charge is -2.39. The predicted octanol–water partition coefficient (Wildman–Crippen LogP) is 6.39. The number of fused-ring (bicyclic) bond motifs is 1. The van der Waals surface area contributed by atoms with Gasteiger partial charge in [-0.15, -0.1) is 0 Å². The average molecular weight is 425 g/mol. The molecule has 0 spiro atoms. The van der Waals surface area contributed by atoms with Crippen LogP contribution in [0.2, 0.25) is 0 Å². The summed E-state index contributed by atoms with van der Waals surface area (Å²) >= 11 is 0. The van der Waals surface area contributed by atoms with E-state index in [0.717, 1.165) is 31.9 Å². The Morgan fingerprint density at radius 2 is 1.75 bits per heavy atom. The third kappa shape index (κ3) is 4.64. The maximum absolute atomic E-state index is 5.61. The summed E-state index contributed by atoms with van der Waals surface area (Å²) < 4.78 is 5.61. The van der Waals surface area contributed by atoms with Gasteiger partial charge < -0.3 is 9.73 Å². The molecule has 1 fully saturated rings. The first-order valence-electron chi connectivity index (χ1n) is 11.8. The van der Waals surface area contributed by atoms with Crippen LogP contribution < -0.4 is 5.32 Å². The van der Waals surface area contributed by atoms with Crippen LogP contribution in [-0.4, -0.2) is 24.5 Å². The van der Waals surface area contributed by atoms with Gasteiger partial charge >= 0.3 is 0 Å². The number of hydrogen-bond donors (Lipinski definition) is 1. The van der Waals surface area contributed by atoms with E-state index < -0.39 is 0 Å². The smallest absolute Gasteiger partial charge is 0.117 e. The minimum absolute atomic E-state index is 0.318. The summed E-state index contributed by atoms with van der Waals surface area (Å²) in [4.78, 5) is 2.54. The van der Waals surface area contributed by atoms with Crippen LogP contribution in [0.4, 0.5) is 0 Å². The van der Waals surface area contributed by atoms with E-state index in [2.05, 4.69) is 96.0 Å². The fourth-order valence-corrected chi connectivity index (χ4v) is 5.22. The van der Waals surface area contributed by atoms with Crippen molar-refractivity contribution < 1.29 is 4.42 Å². The summed E-state index contributed by atoms with van der Waals surface area (Å²) in [6.45, 7) is 6.39. The summed E-state index contributed by atoms with van der Waals surface area (Å²) in [5, 5.41) is 6.55. The quantitative estimate of drug-likeness (QED) is 0.373. The van der Waals surface area contributed by atoms with Crippen LogP contribution in [0.15, 0.2) is 95.6 Å². The maximum Gasteiger partial charge on any atom is 0.117 e. The molecule has 1 saturated heterocycles. The molecule has 4 aromatic rings. The third-order valence-corrected chi connectivity index (χ3v) is 7.00. The van der Waals surface area contributed by atoms with E-state index in [1.54, 1.807) is 6.26 Å². The Bertz CT molecular complexity index is 1120. The van der Waals surface area contributed by atoms with Crippen LogP contribution in [0.1, 0.15) is 42.2 Å². The lowest BCUT2D eigenvalue weighted by atomic mass is 9.80. The number of rotatable bonds is 7. The lowest BCUT2D eigenvalue weighted by Crippen LogP contribution is -2.42. The van der Waals surface area contributed by atoms with Crippen molar-refractivity contribution in [2.24, 2.45) is 5.92 Å². The minimum Gasteiger partial charge on any atom is -0.468 e. The molecule has 0 radical (unpaired) electrons. The molecule has 0 bridgehead atoms. The van der Waals surface area contributed by atoms with Crippen molar-refractivity contribution in [1.29, 1.82) is 0 Å². The molecular formula is C29H32N2O. The van der Waals surface area contributed by atoms with Gasteiger partial charge in [-0.05, 0) is 66.4 Å². The number of piperidine rings is 1. The first-order valence-corrected chi connectivity index (χ1v) is 11.8. The summed E-state index contributed by atoms with van der Waals surface area (Å²) in [6, 6.07) is 30.8. The number of likely N-dealkylation sites (tertiary alicyclic amines) is 1. The van der Waals surface area contributed by atoms with Crippen molar-refractivity contribution in [1.82, 2.24) is 10.2 Å². The zero-order valence-corrected chi connectivity index (χ0v) is 18.8. The highest BCUT2D eigenvalue weighted by Crippen LogP contribution is 2.33. The highest BCUT2D eigenvalue weighted by molar-refractivity contribution is 5.86. The molecule has 1 aromatic heterocycles. The molecule has 1 N–H and O–H groups in total. The SMILES string of the molecule is C[C@@H](NCC1CCN(Cc2ccco2)CC1c1ccccc1)c1cccc2ccccc12. The molecule has 5 rings (SSSR count). The summed E-state index contributed by atoms with van der Waals surface area (Å²) in [7, 11) is 0. The van der Waals surface area contributed by atoms with Crippen molar-refractivity contribution in [3.63, 3.8) is 0 Å². The number of furan rings is 1. The predicted molar refractivity (Wildman–Crippen MR) is 132 cm³/mol. The second-order valence-electron chi connectivity index (χ2n) is 9.08. The number of benzene rings is 3. The van der Waals surface area contributed by atoms with Gasteiger partial charge in [0, 0.05) is 18.5 Å². The van der Waals surface area contributed by atoms with E-state index in [1.165, 1.54) is 28.3 Å². The van der Waals surface area contributed by atoms with Crippen LogP contribution >= 0.6 is 0 Å². The molecule has 0 aliphatic carbocycles. The molecule has 3 nitrogen and oxygen atoms in total. The zero-order chi connectivity index (χ0) is 21.8. The molecule has 2 unspecified atom stereocenters. The van der Waals surface area contributed by atoms with Gasteiger partial charge in [0.2, 0.25) is 0 Å². The van der Waals surface area contributed by atoms with Crippen molar-refractivity contribution in [2.75, 3.05) is 19.6 Å². The normalized spacial score (nSPS) is 20.4. The first kappa shape index (κ1) is 21.0. The van der Waals surface area contributed by atoms with Gasteiger partial charge in [-0.1, -0.05) is 72.8 Å². The fraction of sp³-hybridized carbons (Fsp3) is 0.310. The van der Waals surface area contributed by atoms with E-state index in [0.29, 0.717) is 17.9 Å². The summed E-state index contributed by atoms with van der Waals surface area (Å²) in [5.41, 5.74) is 2.83. The molecule has 2 heterocycles. The lowest BCUT2D eigenvalue weighted by molar-refractivity contribution is 0.140. The molecule has 3 atom stereocenters. The molecule has 1 aliphatic heterocycles. The van der Waals surface area contributed by atoms with Crippen LogP contribution in [0.3, 0.4) is 0 Å². The third-order valence-electron chi connectivity index (χ3n) is 7.00. The Morgan fingerprint density at radius 1 is 0.938 bits per heavy atom. The minimum atomic E-state index is 0.318. The Morgan fingerprint density at radius 3 is 2.59 bits per heavy atom. The van der Waals surface area contributed by atoms with Crippen molar-refractivity contribution in [3.8, 4) is 0 Å². The van der Waals surface area contributed by atoms with Gasteiger partial charge in [0.15, 0.2) is 0 Å². The Balaban J connectivity index is 1.30. The Labute approximate surface area is 191 Å². The highest BCUT2D eigenvalue weighted by Gasteiger charge is 2.31. The Hall–Kier alpha value is -2.88. The van der Waals surface area contributed by atoms with Gasteiger partial charge in [0.05, 0.1) is 12.8 Å². The number of nitrogens with one attached hydrogen (secondary N) is 1. The van der Waals surface area contributed by atoms with Gasteiger partial charge in [-0.2, -0.15) is 0 Å². The maximum atomic E-state index is 5.61. The molecule has 3 aromatic carbocycles. The molecule has 32 heavy (non-hydrogen) atoms. The largest absolute Gasteiger partial charge is 0.468 e. The second kappa shape index (κ2) is 9.72. The van der Waals surface area contributed by atoms with E-state index in [-0.39, 0.29) is 0 Å². The highest BCUT2D eigenvalue weighted by atomic mass is 16.3. The van der Waals surface area contributed by atoms with Crippen molar-refractivity contribution in [2.45, 2.75) is 31.8 Å². The van der Waals surface area contributed by atoms with E-state index in [4.69, 9.17) is 4.42 Å². The average Bonchev–Trinajstić information content (AvgIpc) is 3.36. The van der Waals surface area contributed by atoms with Crippen molar-refractivity contribution >= 4 is 10.8 Å². The van der Waals surface area contributed by atoms with Crippen molar-refractivity contribution in [3.05, 3.63) is 108 Å². The van der Waals surface area contributed by atoms with Crippen LogP contribution in [0.25, 0.3) is 10.8 Å². The van der Waals surface area contributed by atoms with Crippen LogP contribution in [0, 0.1) is 5.92 Å². The molecular weight excluding hydrogens is 392 g/mol. The molecule has 1 aliphatic rings. The molecule has 3 heteroatoms. The van der Waals surface area contributed by atoms with Crippen LogP contribution in [0.5, 0.6) is 0 Å². The second-order valence-corrected chi connectivity index (χ2v) is 9.08. The first-order chi connectivity index (χ1) is 15.8. The van der Waals surface area contributed by atoms with Crippen LogP contribution in [-0.2, 0) is 6.54 Å². The fourth-order valence-electron chi connectivity index (χ4n) is 5.22. The summed E-state index contributed by atoms with van der Waals surface area (Å²) in [6.07, 6.45) is 2.96. The van der Waals surface area contributed by atoms with E-state index in [9.17, 15) is 0 Å². The number of nitrogens with zero attached hydrogens (tertiary/aromatic N) is 1. The van der Waals surface area contributed by atoms with E-state index >= 15 is 0 Å². The number of hydrogen-bond acceptors (Lipinski definition) is 3. The van der Waals surface area contributed by atoms with Gasteiger partial charge in [0.1, 0.15) is 5.76 Å². The Kier molecular flexibility index (Phi) is 6.38. The van der Waals surface area contributed by atoms with E-state index in [1.807, 2.05) is 6.07 Å². The zero-order valence-electron chi connectivity index (χ0n) is 18.8. The van der Waals surface area contributed by atoms with Gasteiger partial charge in [-0.25, -0.2) is 0 Å². The van der Waals surface area contributed by atoms with Gasteiger partial charge in [0.25, 0.3) is 0 Å². The molecule has 0 amide bonds. The standard InChI is InChI=1S/C29H32N2O/c1-22(27-15-7-12-23-11-5-6-14-28(23)27)30-19-25-16-17-31(20-26-13-8-18-32-26)21-29(25)24-9-3-2-4-10-24/h2-15,18,22,25,29-30H,16-17,19-21H2,1H3/t22-,25?,29?/m1/s1. The molecule has 0 saturated carbocycles. The molecule has 164 valence electrons. The topological polar surface area (TPSA) is 28.4 Å².